The zero-order chi connectivity index (χ0) is 16.3. The van der Waals surface area contributed by atoms with Gasteiger partial charge in [0.25, 0.3) is 6.01 Å². The standard InChI is InChI=1S/C16H20ClFN2O2/c1-5-11(9-21-3)20-8-15(19-16(20)22-4)12-7-14(18)10(2)6-13(12)17/h6-8,11H,5,9H2,1-4H3. The van der Waals surface area contributed by atoms with Crippen LogP contribution in [0.25, 0.3) is 11.3 Å². The van der Waals surface area contributed by atoms with Gasteiger partial charge in [-0.2, -0.15) is 4.98 Å². The number of ether oxygens (including phenoxy) is 2. The van der Waals surface area contributed by atoms with Crippen LogP contribution in [0.1, 0.15) is 24.9 Å². The molecule has 6 heteroatoms. The van der Waals surface area contributed by atoms with E-state index >= 15 is 0 Å². The number of aryl methyl sites for hydroxylation is 1. The van der Waals surface area contributed by atoms with E-state index in [0.29, 0.717) is 34.5 Å². The Bertz CT molecular complexity index is 658. The van der Waals surface area contributed by atoms with Crippen molar-refractivity contribution in [2.75, 3.05) is 20.8 Å². The molecular weight excluding hydrogens is 307 g/mol. The van der Waals surface area contributed by atoms with Gasteiger partial charge in [0.05, 0.1) is 30.5 Å². The fraction of sp³-hybridized carbons (Fsp3) is 0.438. The second kappa shape index (κ2) is 7.11. The smallest absolute Gasteiger partial charge is 0.296 e. The zero-order valence-electron chi connectivity index (χ0n) is 13.2. The molecule has 1 heterocycles. The molecule has 1 aromatic carbocycles. The molecule has 2 rings (SSSR count). The molecule has 0 amide bonds. The second-order valence-corrected chi connectivity index (χ2v) is 5.53. The van der Waals surface area contributed by atoms with Crippen LogP contribution < -0.4 is 4.74 Å². The van der Waals surface area contributed by atoms with E-state index in [4.69, 9.17) is 21.1 Å². The van der Waals surface area contributed by atoms with E-state index in [9.17, 15) is 4.39 Å². The number of hydrogen-bond donors (Lipinski definition) is 0. The van der Waals surface area contributed by atoms with Crippen molar-refractivity contribution < 1.29 is 13.9 Å². The molecule has 0 aliphatic heterocycles. The third-order valence-electron chi connectivity index (χ3n) is 3.63. The van der Waals surface area contributed by atoms with E-state index in [2.05, 4.69) is 11.9 Å². The number of benzene rings is 1. The van der Waals surface area contributed by atoms with Crippen molar-refractivity contribution in [2.24, 2.45) is 0 Å². The van der Waals surface area contributed by atoms with Crippen LogP contribution >= 0.6 is 11.6 Å². The Morgan fingerprint density at radius 1 is 1.36 bits per heavy atom. The fourth-order valence-electron chi connectivity index (χ4n) is 2.35. The van der Waals surface area contributed by atoms with Gasteiger partial charge in [0.15, 0.2) is 0 Å². The van der Waals surface area contributed by atoms with Crippen molar-refractivity contribution in [1.82, 2.24) is 9.55 Å². The number of rotatable bonds is 6. The number of nitrogens with zero attached hydrogens (tertiary/aromatic N) is 2. The number of methoxy groups -OCH3 is 2. The van der Waals surface area contributed by atoms with Gasteiger partial charge in [-0.3, -0.25) is 4.57 Å². The molecule has 0 fully saturated rings. The largest absolute Gasteiger partial charge is 0.468 e. The van der Waals surface area contributed by atoms with Gasteiger partial charge in [-0.25, -0.2) is 4.39 Å². The average Bonchev–Trinajstić information content (AvgIpc) is 2.92. The molecule has 0 N–H and O–H groups in total. The molecule has 0 saturated carbocycles. The van der Waals surface area contributed by atoms with Gasteiger partial charge in [0.2, 0.25) is 0 Å². The molecule has 120 valence electrons. The molecule has 0 spiro atoms. The third kappa shape index (κ3) is 3.25. The highest BCUT2D eigenvalue weighted by atomic mass is 35.5. The van der Waals surface area contributed by atoms with Gasteiger partial charge in [0, 0.05) is 18.9 Å². The summed E-state index contributed by atoms with van der Waals surface area (Å²) in [6.45, 7) is 4.27. The molecule has 1 aromatic heterocycles. The van der Waals surface area contributed by atoms with Gasteiger partial charge in [-0.1, -0.05) is 18.5 Å². The maximum atomic E-state index is 13.8. The summed E-state index contributed by atoms with van der Waals surface area (Å²) in [5, 5.41) is 0.464. The molecule has 0 aliphatic rings. The Morgan fingerprint density at radius 2 is 2.09 bits per heavy atom. The quantitative estimate of drug-likeness (QED) is 0.796. The van der Waals surface area contributed by atoms with Crippen LogP contribution in [0.5, 0.6) is 6.01 Å². The molecular formula is C16H20ClFN2O2. The van der Waals surface area contributed by atoms with E-state index in [0.717, 1.165) is 6.42 Å². The summed E-state index contributed by atoms with van der Waals surface area (Å²) < 4.78 is 26.3. The first kappa shape index (κ1) is 16.8. The number of hydrogen-bond acceptors (Lipinski definition) is 3. The number of aromatic nitrogens is 2. The van der Waals surface area contributed by atoms with E-state index in [1.165, 1.54) is 6.07 Å². The van der Waals surface area contributed by atoms with Gasteiger partial charge in [-0.15, -0.1) is 0 Å². The van der Waals surface area contributed by atoms with Crippen LogP contribution in [0.3, 0.4) is 0 Å². The summed E-state index contributed by atoms with van der Waals surface area (Å²) in [5.41, 5.74) is 1.63. The Morgan fingerprint density at radius 3 is 2.68 bits per heavy atom. The highest BCUT2D eigenvalue weighted by Crippen LogP contribution is 2.32. The lowest BCUT2D eigenvalue weighted by molar-refractivity contribution is 0.147. The van der Waals surface area contributed by atoms with Gasteiger partial charge in [0.1, 0.15) is 5.82 Å². The lowest BCUT2D eigenvalue weighted by Gasteiger charge is -2.17. The first-order chi connectivity index (χ1) is 10.5. The Balaban J connectivity index is 2.49. The molecule has 2 aromatic rings. The maximum absolute atomic E-state index is 13.8. The molecule has 0 saturated heterocycles. The minimum atomic E-state index is -0.308. The highest BCUT2D eigenvalue weighted by Gasteiger charge is 2.19. The summed E-state index contributed by atoms with van der Waals surface area (Å²) >= 11 is 6.23. The Labute approximate surface area is 134 Å². The number of halogens is 2. The van der Waals surface area contributed by atoms with Crippen molar-refractivity contribution >= 4 is 11.6 Å². The Hall–Kier alpha value is -1.59. The molecule has 1 atom stereocenters. The van der Waals surface area contributed by atoms with Gasteiger partial charge >= 0.3 is 0 Å². The van der Waals surface area contributed by atoms with Gasteiger partial charge < -0.3 is 9.47 Å². The predicted octanol–water partition coefficient (Wildman–Crippen LogP) is 4.26. The first-order valence-corrected chi connectivity index (χ1v) is 7.47. The average molecular weight is 327 g/mol. The van der Waals surface area contributed by atoms with Crippen LogP contribution in [0.2, 0.25) is 5.02 Å². The van der Waals surface area contributed by atoms with Crippen molar-refractivity contribution in [3.05, 3.63) is 34.7 Å². The first-order valence-electron chi connectivity index (χ1n) is 7.09. The molecule has 1 unspecified atom stereocenters. The van der Waals surface area contributed by atoms with Crippen LogP contribution in [-0.4, -0.2) is 30.4 Å². The van der Waals surface area contributed by atoms with E-state index in [1.54, 1.807) is 27.2 Å². The monoisotopic (exact) mass is 326 g/mol. The van der Waals surface area contributed by atoms with E-state index < -0.39 is 0 Å². The molecule has 0 radical (unpaired) electrons. The second-order valence-electron chi connectivity index (χ2n) is 5.12. The van der Waals surface area contributed by atoms with Crippen LogP contribution in [0, 0.1) is 12.7 Å². The van der Waals surface area contributed by atoms with Crippen LogP contribution in [0.15, 0.2) is 18.3 Å². The fourth-order valence-corrected chi connectivity index (χ4v) is 2.66. The molecule has 4 nitrogen and oxygen atoms in total. The highest BCUT2D eigenvalue weighted by molar-refractivity contribution is 6.33. The van der Waals surface area contributed by atoms with E-state index in [1.807, 2.05) is 10.8 Å². The van der Waals surface area contributed by atoms with Crippen LogP contribution in [0.4, 0.5) is 4.39 Å². The lowest BCUT2D eigenvalue weighted by atomic mass is 10.1. The van der Waals surface area contributed by atoms with Crippen LogP contribution in [-0.2, 0) is 4.74 Å². The third-order valence-corrected chi connectivity index (χ3v) is 3.94. The van der Waals surface area contributed by atoms with Crippen molar-refractivity contribution in [2.45, 2.75) is 26.3 Å². The SMILES string of the molecule is CCC(COC)n1cc(-c2cc(F)c(C)cc2Cl)nc1OC. The predicted molar refractivity (Wildman–Crippen MR) is 85.1 cm³/mol. The number of imidazole rings is 1. The van der Waals surface area contributed by atoms with Crippen molar-refractivity contribution in [3.8, 4) is 17.3 Å². The van der Waals surface area contributed by atoms with E-state index in [-0.39, 0.29) is 11.9 Å². The minimum absolute atomic E-state index is 0.0928. The Kier molecular flexibility index (Phi) is 5.42. The molecule has 22 heavy (non-hydrogen) atoms. The summed E-state index contributed by atoms with van der Waals surface area (Å²) in [7, 11) is 3.21. The van der Waals surface area contributed by atoms with Crippen molar-refractivity contribution in [1.29, 1.82) is 0 Å². The molecule has 0 bridgehead atoms. The topological polar surface area (TPSA) is 36.3 Å². The minimum Gasteiger partial charge on any atom is -0.468 e. The normalized spacial score (nSPS) is 12.5. The maximum Gasteiger partial charge on any atom is 0.296 e. The summed E-state index contributed by atoms with van der Waals surface area (Å²) in [5.74, 6) is -0.308. The van der Waals surface area contributed by atoms with Gasteiger partial charge in [-0.05, 0) is 31.0 Å². The summed E-state index contributed by atoms with van der Waals surface area (Å²) in [4.78, 5) is 4.42. The lowest BCUT2D eigenvalue weighted by Crippen LogP contribution is -2.14. The zero-order valence-corrected chi connectivity index (χ0v) is 13.9. The summed E-state index contributed by atoms with van der Waals surface area (Å²) in [6.07, 6.45) is 2.68. The summed E-state index contributed by atoms with van der Waals surface area (Å²) in [6, 6.07) is 3.55. The van der Waals surface area contributed by atoms with Crippen molar-refractivity contribution in [3.63, 3.8) is 0 Å². The molecule has 0 aliphatic carbocycles.